The second-order valence-electron chi connectivity index (χ2n) is 9.11. The fourth-order valence-electron chi connectivity index (χ4n) is 4.52. The summed E-state index contributed by atoms with van der Waals surface area (Å²) >= 11 is 0. The van der Waals surface area contributed by atoms with Gasteiger partial charge in [0.25, 0.3) is 0 Å². The van der Waals surface area contributed by atoms with Crippen LogP contribution in [0, 0.1) is 5.92 Å². The number of imidazole rings is 1. The van der Waals surface area contributed by atoms with Gasteiger partial charge in [-0.2, -0.15) is 5.10 Å². The quantitative estimate of drug-likeness (QED) is 0.256. The van der Waals surface area contributed by atoms with Crippen molar-refractivity contribution < 1.29 is 5.11 Å². The van der Waals surface area contributed by atoms with Crippen LogP contribution in [-0.2, 0) is 0 Å². The molecule has 1 saturated carbocycles. The maximum Gasteiger partial charge on any atom is 0.159 e. The van der Waals surface area contributed by atoms with Crippen LogP contribution in [0.5, 0.6) is 0 Å². The van der Waals surface area contributed by atoms with Crippen molar-refractivity contribution in [3.8, 4) is 33.8 Å². The molecule has 1 aromatic carbocycles. The summed E-state index contributed by atoms with van der Waals surface area (Å²) in [5, 5.41) is 21.8. The molecule has 0 saturated heterocycles. The number of aromatic amines is 2. The monoisotopic (exact) mass is 474 g/mol. The first kappa shape index (κ1) is 20.7. The number of hydrogen-bond donors (Lipinski definition) is 4. The topological polar surface area (TPSA) is 128 Å². The number of anilines is 1. The van der Waals surface area contributed by atoms with Crippen LogP contribution in [-0.4, -0.2) is 46.5 Å². The molecule has 0 radical (unpaired) electrons. The second-order valence-corrected chi connectivity index (χ2v) is 9.11. The first-order chi connectivity index (χ1) is 17.7. The summed E-state index contributed by atoms with van der Waals surface area (Å²) < 4.78 is 0. The molecule has 36 heavy (non-hydrogen) atoms. The number of benzene rings is 1. The molecular weight excluding hydrogens is 452 g/mol. The van der Waals surface area contributed by atoms with E-state index < -0.39 is 6.23 Å². The Morgan fingerprint density at radius 2 is 1.83 bits per heavy atom. The maximum atomic E-state index is 10.3. The molecule has 9 heteroatoms. The third-order valence-corrected chi connectivity index (χ3v) is 6.58. The van der Waals surface area contributed by atoms with Crippen LogP contribution in [0.25, 0.3) is 55.8 Å². The summed E-state index contributed by atoms with van der Waals surface area (Å²) in [6.07, 6.45) is 10.5. The normalized spacial score (nSPS) is 14.4. The number of aliphatic hydroxyl groups is 1. The molecule has 0 bridgehead atoms. The minimum Gasteiger partial charge on any atom is -0.374 e. The maximum absolute atomic E-state index is 10.3. The molecule has 1 aliphatic rings. The van der Waals surface area contributed by atoms with E-state index in [1.54, 1.807) is 24.8 Å². The molecule has 7 rings (SSSR count). The molecule has 5 heterocycles. The zero-order valence-electron chi connectivity index (χ0n) is 19.2. The van der Waals surface area contributed by atoms with Gasteiger partial charge in [0.1, 0.15) is 11.9 Å². The van der Waals surface area contributed by atoms with E-state index >= 15 is 0 Å². The highest BCUT2D eigenvalue weighted by atomic mass is 16.3. The summed E-state index contributed by atoms with van der Waals surface area (Å²) in [5.74, 6) is 0.982. The number of rotatable bonds is 6. The molecule has 1 atom stereocenters. The molecule has 6 aromatic rings. The van der Waals surface area contributed by atoms with Crippen molar-refractivity contribution in [1.82, 2.24) is 35.1 Å². The minimum absolute atomic E-state index is 0.322. The Hall–Kier alpha value is -4.63. The van der Waals surface area contributed by atoms with Crippen LogP contribution in [0.2, 0.25) is 0 Å². The number of fused-ring (bicyclic) bond motifs is 2. The number of nitrogens with zero attached hydrogens (tertiary/aromatic N) is 5. The molecule has 0 aliphatic heterocycles. The van der Waals surface area contributed by atoms with Crippen molar-refractivity contribution in [2.24, 2.45) is 5.92 Å². The Morgan fingerprint density at radius 3 is 2.69 bits per heavy atom. The summed E-state index contributed by atoms with van der Waals surface area (Å²) in [4.78, 5) is 21.5. The Bertz CT molecular complexity index is 1700. The Labute approximate surface area is 205 Å². The van der Waals surface area contributed by atoms with Crippen molar-refractivity contribution in [3.63, 3.8) is 0 Å². The third kappa shape index (κ3) is 3.66. The second kappa shape index (κ2) is 8.24. The summed E-state index contributed by atoms with van der Waals surface area (Å²) in [6.45, 7) is 0. The SMILES string of the molecule is OC(Nc1cncc(-c2cnc3[nH]nc(-c4nc5c(-c6cccnc6)cccc5[nH]4)c3c2)c1)C1CC1. The van der Waals surface area contributed by atoms with E-state index in [0.717, 1.165) is 57.2 Å². The number of aliphatic hydroxyl groups excluding tert-OH is 1. The van der Waals surface area contributed by atoms with Gasteiger partial charge >= 0.3 is 0 Å². The lowest BCUT2D eigenvalue weighted by Gasteiger charge is -2.13. The first-order valence-electron chi connectivity index (χ1n) is 11.9. The van der Waals surface area contributed by atoms with Gasteiger partial charge in [-0.1, -0.05) is 18.2 Å². The first-order valence-corrected chi connectivity index (χ1v) is 11.9. The highest BCUT2D eigenvalue weighted by Gasteiger charge is 2.29. The summed E-state index contributed by atoms with van der Waals surface area (Å²) in [6, 6.07) is 14.0. The average molecular weight is 475 g/mol. The van der Waals surface area contributed by atoms with E-state index in [-0.39, 0.29) is 0 Å². The number of pyridine rings is 3. The number of para-hydroxylation sites is 1. The molecule has 9 nitrogen and oxygen atoms in total. The van der Waals surface area contributed by atoms with Crippen LogP contribution in [0.4, 0.5) is 5.69 Å². The molecule has 0 spiro atoms. The zero-order valence-corrected chi connectivity index (χ0v) is 19.2. The molecule has 1 fully saturated rings. The lowest BCUT2D eigenvalue weighted by atomic mass is 10.1. The van der Waals surface area contributed by atoms with Gasteiger partial charge in [0.2, 0.25) is 0 Å². The van der Waals surface area contributed by atoms with E-state index in [0.29, 0.717) is 23.1 Å². The van der Waals surface area contributed by atoms with Crippen LogP contribution < -0.4 is 5.32 Å². The Kier molecular flexibility index (Phi) is 4.74. The average Bonchev–Trinajstić information content (AvgIpc) is 3.55. The van der Waals surface area contributed by atoms with Gasteiger partial charge < -0.3 is 15.4 Å². The molecule has 4 N–H and O–H groups in total. The van der Waals surface area contributed by atoms with E-state index in [9.17, 15) is 5.11 Å². The third-order valence-electron chi connectivity index (χ3n) is 6.58. The molecular formula is C27H22N8O. The van der Waals surface area contributed by atoms with Gasteiger partial charge in [-0.3, -0.25) is 15.1 Å². The smallest absolute Gasteiger partial charge is 0.159 e. The molecule has 5 aromatic heterocycles. The van der Waals surface area contributed by atoms with Crippen molar-refractivity contribution >= 4 is 27.8 Å². The van der Waals surface area contributed by atoms with Crippen molar-refractivity contribution in [3.05, 3.63) is 73.4 Å². The van der Waals surface area contributed by atoms with E-state index in [2.05, 4.69) is 35.5 Å². The van der Waals surface area contributed by atoms with Crippen LogP contribution >= 0.6 is 0 Å². The van der Waals surface area contributed by atoms with Crippen LogP contribution in [0.15, 0.2) is 73.4 Å². The predicted octanol–water partition coefficient (Wildman–Crippen LogP) is 4.77. The fraction of sp³-hybridized carbons (Fsp3) is 0.148. The molecule has 1 aliphatic carbocycles. The largest absolute Gasteiger partial charge is 0.374 e. The number of nitrogens with one attached hydrogen (secondary N) is 3. The standard InChI is InChI=1S/C27H22N8O/c36-27(15-6-7-15)31-19-9-17(12-29-14-19)18-10-21-24(34-35-25(21)30-13-18)26-32-22-5-1-4-20(23(22)33-26)16-3-2-8-28-11-16/h1-5,8-15,27,31,36H,6-7H2,(H,32,33)(H,30,34,35). The lowest BCUT2D eigenvalue weighted by Crippen LogP contribution is -2.20. The summed E-state index contributed by atoms with van der Waals surface area (Å²) in [5.41, 5.74) is 7.73. The Morgan fingerprint density at radius 1 is 0.944 bits per heavy atom. The van der Waals surface area contributed by atoms with Gasteiger partial charge in [0.15, 0.2) is 11.5 Å². The van der Waals surface area contributed by atoms with Crippen molar-refractivity contribution in [2.75, 3.05) is 5.32 Å². The van der Waals surface area contributed by atoms with Gasteiger partial charge in [-0.25, -0.2) is 9.97 Å². The highest BCUT2D eigenvalue weighted by Crippen LogP contribution is 2.34. The zero-order chi connectivity index (χ0) is 24.1. The Balaban J connectivity index is 1.28. The van der Waals surface area contributed by atoms with E-state index in [1.165, 1.54) is 0 Å². The van der Waals surface area contributed by atoms with E-state index in [4.69, 9.17) is 4.98 Å². The van der Waals surface area contributed by atoms with E-state index in [1.807, 2.05) is 48.7 Å². The number of aromatic nitrogens is 7. The highest BCUT2D eigenvalue weighted by molar-refractivity contribution is 5.97. The van der Waals surface area contributed by atoms with Crippen LogP contribution in [0.1, 0.15) is 12.8 Å². The van der Waals surface area contributed by atoms with Gasteiger partial charge in [-0.15, -0.1) is 0 Å². The van der Waals surface area contributed by atoms with Crippen molar-refractivity contribution in [2.45, 2.75) is 19.1 Å². The van der Waals surface area contributed by atoms with Gasteiger partial charge in [0, 0.05) is 53.0 Å². The van der Waals surface area contributed by atoms with Crippen molar-refractivity contribution in [1.29, 1.82) is 0 Å². The molecule has 1 unspecified atom stereocenters. The minimum atomic E-state index is -0.548. The molecule has 0 amide bonds. The molecule has 176 valence electrons. The van der Waals surface area contributed by atoms with Crippen LogP contribution in [0.3, 0.4) is 0 Å². The predicted molar refractivity (Wildman–Crippen MR) is 138 cm³/mol. The van der Waals surface area contributed by atoms with Gasteiger partial charge in [0.05, 0.1) is 28.3 Å². The van der Waals surface area contributed by atoms with Gasteiger partial charge in [-0.05, 0) is 37.1 Å². The summed E-state index contributed by atoms with van der Waals surface area (Å²) in [7, 11) is 0. The fourth-order valence-corrected chi connectivity index (χ4v) is 4.52. The number of hydrogen-bond acceptors (Lipinski definition) is 7. The number of H-pyrrole nitrogens is 2. The lowest BCUT2D eigenvalue weighted by molar-refractivity contribution is 0.180.